The maximum Gasteiger partial charge on any atom is 0.303 e. The van der Waals surface area contributed by atoms with Gasteiger partial charge in [0.1, 0.15) is 0 Å². The van der Waals surface area contributed by atoms with Gasteiger partial charge in [0.2, 0.25) is 0 Å². The van der Waals surface area contributed by atoms with Gasteiger partial charge in [-0.25, -0.2) is 0 Å². The van der Waals surface area contributed by atoms with Crippen LogP contribution in [-0.2, 0) is 17.6 Å². The number of carbonyl (C=O) groups excluding carboxylic acids is 1. The first-order valence-electron chi connectivity index (χ1n) is 7.67. The highest BCUT2D eigenvalue weighted by molar-refractivity contribution is 6.31. The van der Waals surface area contributed by atoms with E-state index < -0.39 is 5.97 Å². The van der Waals surface area contributed by atoms with Crippen LogP contribution < -0.4 is 5.32 Å². The van der Waals surface area contributed by atoms with Crippen LogP contribution in [0.4, 0.5) is 0 Å². The Balaban J connectivity index is 1.93. The molecular weight excluding hydrogens is 316 g/mol. The van der Waals surface area contributed by atoms with Crippen LogP contribution in [0.2, 0.25) is 5.02 Å². The van der Waals surface area contributed by atoms with E-state index in [0.29, 0.717) is 23.6 Å². The van der Waals surface area contributed by atoms with Crippen LogP contribution in [0.15, 0.2) is 18.2 Å². The number of rotatable bonds is 5. The molecule has 0 unspecified atom stereocenters. The molecule has 0 saturated heterocycles. The number of hydrogen-bond donors (Lipinski definition) is 2. The van der Waals surface area contributed by atoms with Gasteiger partial charge in [-0.05, 0) is 49.4 Å². The summed E-state index contributed by atoms with van der Waals surface area (Å²) < 4.78 is 0. The number of aromatic nitrogens is 1. The minimum absolute atomic E-state index is 0.0430. The molecule has 2 N–H and O–H groups in total. The first-order chi connectivity index (χ1) is 11.1. The van der Waals surface area contributed by atoms with E-state index in [1.807, 2.05) is 6.07 Å². The number of nitrogens with zero attached hydrogens (tertiary/aromatic N) is 1. The number of amides is 1. The molecule has 1 aromatic heterocycles. The summed E-state index contributed by atoms with van der Waals surface area (Å²) in [5.74, 6) is -1.04. The Morgan fingerprint density at radius 2 is 2.13 bits per heavy atom. The number of nitrogens with one attached hydrogen (secondary N) is 1. The Morgan fingerprint density at radius 1 is 1.30 bits per heavy atom. The molecule has 2 aromatic rings. The van der Waals surface area contributed by atoms with Crippen LogP contribution >= 0.6 is 11.6 Å². The molecule has 1 amide bonds. The van der Waals surface area contributed by atoms with Gasteiger partial charge in [0, 0.05) is 29.1 Å². The molecule has 0 saturated carbocycles. The van der Waals surface area contributed by atoms with Crippen LogP contribution in [0.3, 0.4) is 0 Å². The number of aliphatic carboxylic acids is 1. The normalized spacial score (nSPS) is 13.1. The number of benzene rings is 1. The van der Waals surface area contributed by atoms with Gasteiger partial charge in [0.15, 0.2) is 0 Å². The van der Waals surface area contributed by atoms with E-state index >= 15 is 0 Å². The summed E-state index contributed by atoms with van der Waals surface area (Å²) in [6.45, 7) is 0.338. The average Bonchev–Trinajstić information content (AvgIpc) is 2.96. The van der Waals surface area contributed by atoms with Crippen molar-refractivity contribution >= 4 is 34.4 Å². The standard InChI is InChI=1S/C17H17ClN2O3/c18-10-6-7-14-12(9-10)16(11-3-1-4-13(11)20-14)17(23)19-8-2-5-15(21)22/h6-7,9H,1-5,8H2,(H,19,23)(H,21,22). The minimum atomic E-state index is -0.860. The number of aryl methyl sites for hydroxylation is 1. The van der Waals surface area contributed by atoms with Gasteiger partial charge in [-0.1, -0.05) is 11.6 Å². The maximum atomic E-state index is 12.6. The summed E-state index contributed by atoms with van der Waals surface area (Å²) in [4.78, 5) is 27.8. The zero-order chi connectivity index (χ0) is 16.4. The summed E-state index contributed by atoms with van der Waals surface area (Å²) in [5.41, 5.74) is 3.39. The molecule has 0 atom stereocenters. The molecule has 120 valence electrons. The molecule has 0 radical (unpaired) electrons. The molecule has 3 rings (SSSR count). The zero-order valence-electron chi connectivity index (χ0n) is 12.6. The van der Waals surface area contributed by atoms with Crippen LogP contribution in [0.1, 0.15) is 40.9 Å². The van der Waals surface area contributed by atoms with E-state index in [1.54, 1.807) is 12.1 Å². The SMILES string of the molecule is O=C(O)CCCNC(=O)c1c2c(nc3ccc(Cl)cc13)CCC2. The summed E-state index contributed by atoms with van der Waals surface area (Å²) in [6.07, 6.45) is 3.16. The second-order valence-electron chi connectivity index (χ2n) is 5.68. The van der Waals surface area contributed by atoms with Crippen molar-refractivity contribution in [2.24, 2.45) is 0 Å². The average molecular weight is 333 g/mol. The fourth-order valence-corrected chi connectivity index (χ4v) is 3.20. The van der Waals surface area contributed by atoms with E-state index in [-0.39, 0.29) is 12.3 Å². The Morgan fingerprint density at radius 3 is 2.91 bits per heavy atom. The minimum Gasteiger partial charge on any atom is -0.481 e. The number of carbonyl (C=O) groups is 2. The Hall–Kier alpha value is -2.14. The fourth-order valence-electron chi connectivity index (χ4n) is 3.02. The lowest BCUT2D eigenvalue weighted by atomic mass is 10.0. The Bertz CT molecular complexity index is 789. The second kappa shape index (κ2) is 6.54. The topological polar surface area (TPSA) is 79.3 Å². The van der Waals surface area contributed by atoms with Crippen LogP contribution in [0.25, 0.3) is 10.9 Å². The van der Waals surface area contributed by atoms with Gasteiger partial charge in [-0.15, -0.1) is 0 Å². The molecule has 1 heterocycles. The lowest BCUT2D eigenvalue weighted by molar-refractivity contribution is -0.137. The lowest BCUT2D eigenvalue weighted by Gasteiger charge is -2.13. The van der Waals surface area contributed by atoms with E-state index in [9.17, 15) is 9.59 Å². The largest absolute Gasteiger partial charge is 0.481 e. The second-order valence-corrected chi connectivity index (χ2v) is 6.12. The molecule has 0 aliphatic heterocycles. The molecule has 23 heavy (non-hydrogen) atoms. The molecule has 0 spiro atoms. The number of fused-ring (bicyclic) bond motifs is 2. The number of hydrogen-bond acceptors (Lipinski definition) is 3. The van der Waals surface area contributed by atoms with Crippen molar-refractivity contribution < 1.29 is 14.7 Å². The number of carboxylic acid groups (broad SMARTS) is 1. The van der Waals surface area contributed by atoms with Crippen molar-refractivity contribution in [3.05, 3.63) is 40.0 Å². The first-order valence-corrected chi connectivity index (χ1v) is 8.05. The van der Waals surface area contributed by atoms with E-state index in [2.05, 4.69) is 10.3 Å². The van der Waals surface area contributed by atoms with E-state index in [1.165, 1.54) is 0 Å². The van der Waals surface area contributed by atoms with Gasteiger partial charge in [0.05, 0.1) is 11.1 Å². The Labute approximate surface area is 138 Å². The molecule has 1 aliphatic rings. The van der Waals surface area contributed by atoms with Crippen molar-refractivity contribution in [2.75, 3.05) is 6.54 Å². The zero-order valence-corrected chi connectivity index (χ0v) is 13.3. The van der Waals surface area contributed by atoms with Crippen molar-refractivity contribution in [2.45, 2.75) is 32.1 Å². The molecule has 1 aliphatic carbocycles. The first kappa shape index (κ1) is 15.7. The van der Waals surface area contributed by atoms with Gasteiger partial charge >= 0.3 is 5.97 Å². The van der Waals surface area contributed by atoms with Gasteiger partial charge < -0.3 is 10.4 Å². The highest BCUT2D eigenvalue weighted by Gasteiger charge is 2.23. The summed E-state index contributed by atoms with van der Waals surface area (Å²) in [5, 5.41) is 12.8. The third-order valence-corrected chi connectivity index (χ3v) is 4.29. The predicted octanol–water partition coefficient (Wildman–Crippen LogP) is 2.97. The monoisotopic (exact) mass is 332 g/mol. The highest BCUT2D eigenvalue weighted by Crippen LogP contribution is 2.31. The van der Waals surface area contributed by atoms with Crippen molar-refractivity contribution in [3.63, 3.8) is 0 Å². The van der Waals surface area contributed by atoms with Crippen molar-refractivity contribution in [3.8, 4) is 0 Å². The van der Waals surface area contributed by atoms with Crippen LogP contribution in [0, 0.1) is 0 Å². The van der Waals surface area contributed by atoms with E-state index in [4.69, 9.17) is 16.7 Å². The smallest absolute Gasteiger partial charge is 0.303 e. The maximum absolute atomic E-state index is 12.6. The molecule has 0 fully saturated rings. The van der Waals surface area contributed by atoms with Gasteiger partial charge in [0.25, 0.3) is 5.91 Å². The van der Waals surface area contributed by atoms with Crippen LogP contribution in [0.5, 0.6) is 0 Å². The third-order valence-electron chi connectivity index (χ3n) is 4.05. The molecule has 6 heteroatoms. The number of pyridine rings is 1. The Kier molecular flexibility index (Phi) is 4.48. The predicted molar refractivity (Wildman–Crippen MR) is 88.0 cm³/mol. The van der Waals surface area contributed by atoms with Crippen molar-refractivity contribution in [1.29, 1.82) is 0 Å². The lowest BCUT2D eigenvalue weighted by Crippen LogP contribution is -2.26. The number of halogens is 1. The van der Waals surface area contributed by atoms with E-state index in [0.717, 1.165) is 41.4 Å². The summed E-state index contributed by atoms with van der Waals surface area (Å²) in [6, 6.07) is 5.37. The van der Waals surface area contributed by atoms with Crippen LogP contribution in [-0.4, -0.2) is 28.5 Å². The molecule has 0 bridgehead atoms. The summed E-state index contributed by atoms with van der Waals surface area (Å²) >= 11 is 6.08. The quantitative estimate of drug-likeness (QED) is 0.825. The third kappa shape index (κ3) is 3.29. The summed E-state index contributed by atoms with van der Waals surface area (Å²) in [7, 11) is 0. The van der Waals surface area contributed by atoms with Crippen molar-refractivity contribution in [1.82, 2.24) is 10.3 Å². The van der Waals surface area contributed by atoms with Gasteiger partial charge in [-0.2, -0.15) is 0 Å². The molecule has 5 nitrogen and oxygen atoms in total. The highest BCUT2D eigenvalue weighted by atomic mass is 35.5. The fraction of sp³-hybridized carbons (Fsp3) is 0.353. The molecule has 1 aromatic carbocycles. The van der Waals surface area contributed by atoms with Gasteiger partial charge in [-0.3, -0.25) is 14.6 Å². The molecular formula is C17H17ClN2O3. The number of carboxylic acids is 1.